The van der Waals surface area contributed by atoms with Gasteiger partial charge in [0.15, 0.2) is 0 Å². The minimum atomic E-state index is -3.91. The normalized spacial score (nSPS) is 11.1. The number of nitrogens with one attached hydrogen (secondary N) is 1. The Morgan fingerprint density at radius 2 is 1.86 bits per heavy atom. The van der Waals surface area contributed by atoms with E-state index in [1.165, 1.54) is 20.3 Å². The molecule has 0 atom stereocenters. The fourth-order valence-electron chi connectivity index (χ4n) is 1.73. The van der Waals surface area contributed by atoms with Crippen LogP contribution in [-0.4, -0.2) is 32.6 Å². The van der Waals surface area contributed by atoms with E-state index < -0.39 is 10.0 Å². The Hall–Kier alpha value is -1.87. The molecule has 0 radical (unpaired) electrons. The average Bonchev–Trinajstić information content (AvgIpc) is 2.46. The lowest BCUT2D eigenvalue weighted by Crippen LogP contribution is -2.16. The van der Waals surface area contributed by atoms with E-state index in [-0.39, 0.29) is 22.5 Å². The van der Waals surface area contributed by atoms with E-state index >= 15 is 0 Å². The Labute approximate surface area is 136 Å². The first-order valence-electron chi connectivity index (χ1n) is 6.12. The summed E-state index contributed by atoms with van der Waals surface area (Å²) in [4.78, 5) is 7.98. The quantitative estimate of drug-likeness (QED) is 0.846. The molecule has 7 nitrogen and oxygen atoms in total. The molecule has 0 aliphatic heterocycles. The van der Waals surface area contributed by atoms with Crippen LogP contribution in [-0.2, 0) is 10.0 Å². The van der Waals surface area contributed by atoms with Gasteiger partial charge in [0.05, 0.1) is 14.2 Å². The summed E-state index contributed by atoms with van der Waals surface area (Å²) in [6.45, 7) is 1.71. The molecule has 1 aromatic heterocycles. The predicted octanol–water partition coefficient (Wildman–Crippen LogP) is 2.37. The number of hydrogen-bond acceptors (Lipinski definition) is 6. The lowest BCUT2D eigenvalue weighted by Gasteiger charge is -2.11. The highest BCUT2D eigenvalue weighted by atomic mass is 79.9. The molecule has 1 aromatic carbocycles. The summed E-state index contributed by atoms with van der Waals surface area (Å²) in [6, 6.07) is 6.27. The maximum absolute atomic E-state index is 12.5. The summed E-state index contributed by atoms with van der Waals surface area (Å²) in [7, 11) is -1.07. The Morgan fingerprint density at radius 1 is 1.14 bits per heavy atom. The summed E-state index contributed by atoms with van der Waals surface area (Å²) in [5, 5.41) is 0. The van der Waals surface area contributed by atoms with Crippen LogP contribution >= 0.6 is 15.9 Å². The number of anilines is 1. The number of hydrogen-bond donors (Lipinski definition) is 1. The number of halogens is 1. The molecule has 0 spiro atoms. The van der Waals surface area contributed by atoms with E-state index in [9.17, 15) is 8.42 Å². The van der Waals surface area contributed by atoms with Gasteiger partial charge in [-0.05, 0) is 25.1 Å². The molecule has 0 fully saturated rings. The van der Waals surface area contributed by atoms with E-state index in [1.54, 1.807) is 25.1 Å². The number of rotatable bonds is 5. The predicted molar refractivity (Wildman–Crippen MR) is 84.8 cm³/mol. The van der Waals surface area contributed by atoms with Gasteiger partial charge in [-0.2, -0.15) is 4.98 Å². The van der Waals surface area contributed by atoms with Crippen LogP contribution in [0.15, 0.2) is 33.6 Å². The van der Waals surface area contributed by atoms with Crippen molar-refractivity contribution >= 4 is 31.9 Å². The van der Waals surface area contributed by atoms with Crippen molar-refractivity contribution in [3.05, 3.63) is 34.4 Å². The van der Waals surface area contributed by atoms with Gasteiger partial charge in [0.2, 0.25) is 11.8 Å². The molecule has 0 bridgehead atoms. The number of methoxy groups -OCH3 is 2. The largest absolute Gasteiger partial charge is 0.495 e. The first-order chi connectivity index (χ1) is 10.4. The van der Waals surface area contributed by atoms with Gasteiger partial charge >= 0.3 is 0 Å². The summed E-state index contributed by atoms with van der Waals surface area (Å²) in [6.07, 6.45) is 0. The molecule has 22 heavy (non-hydrogen) atoms. The number of sulfonamides is 1. The summed E-state index contributed by atoms with van der Waals surface area (Å²) in [5.41, 5.74) is 0.575. The van der Waals surface area contributed by atoms with Gasteiger partial charge < -0.3 is 9.47 Å². The van der Waals surface area contributed by atoms with Crippen molar-refractivity contribution in [3.8, 4) is 11.6 Å². The van der Waals surface area contributed by atoms with Crippen molar-refractivity contribution in [2.24, 2.45) is 0 Å². The van der Waals surface area contributed by atoms with Crippen molar-refractivity contribution in [1.82, 2.24) is 9.97 Å². The number of nitrogens with zero attached hydrogens (tertiary/aromatic N) is 2. The highest BCUT2D eigenvalue weighted by Crippen LogP contribution is 2.28. The van der Waals surface area contributed by atoms with Gasteiger partial charge in [-0.15, -0.1) is 0 Å². The second-order valence-electron chi connectivity index (χ2n) is 4.28. The fourth-order valence-corrected chi connectivity index (χ4v) is 3.38. The topological polar surface area (TPSA) is 90.4 Å². The summed E-state index contributed by atoms with van der Waals surface area (Å²) in [5.74, 6) is 0.417. The molecular weight excluding hydrogens is 374 g/mol. The van der Waals surface area contributed by atoms with E-state index in [4.69, 9.17) is 9.47 Å². The van der Waals surface area contributed by atoms with Crippen LogP contribution in [0.1, 0.15) is 5.69 Å². The first-order valence-corrected chi connectivity index (χ1v) is 8.39. The Kier molecular flexibility index (Phi) is 4.87. The monoisotopic (exact) mass is 387 g/mol. The number of aryl methyl sites for hydroxylation is 1. The third kappa shape index (κ3) is 3.66. The molecule has 0 amide bonds. The molecule has 1 N–H and O–H groups in total. The van der Waals surface area contributed by atoms with Crippen LogP contribution in [0.2, 0.25) is 0 Å². The van der Waals surface area contributed by atoms with Crippen molar-refractivity contribution in [1.29, 1.82) is 0 Å². The minimum absolute atomic E-state index is 0.0200. The second kappa shape index (κ2) is 6.49. The molecule has 0 unspecified atom stereocenters. The third-order valence-corrected chi connectivity index (χ3v) is 4.52. The number of ether oxygens (including phenoxy) is 2. The van der Waals surface area contributed by atoms with Gasteiger partial charge in [-0.25, -0.2) is 18.1 Å². The highest BCUT2D eigenvalue weighted by molar-refractivity contribution is 9.10. The van der Waals surface area contributed by atoms with Crippen LogP contribution in [0.25, 0.3) is 0 Å². The molecule has 0 aliphatic carbocycles. The summed E-state index contributed by atoms with van der Waals surface area (Å²) >= 11 is 3.24. The van der Waals surface area contributed by atoms with Gasteiger partial charge in [-0.1, -0.05) is 15.9 Å². The Morgan fingerprint density at radius 3 is 2.50 bits per heavy atom. The molecule has 2 aromatic rings. The van der Waals surface area contributed by atoms with E-state index in [2.05, 4.69) is 30.6 Å². The van der Waals surface area contributed by atoms with Gasteiger partial charge in [0, 0.05) is 16.2 Å². The molecule has 9 heteroatoms. The third-order valence-electron chi connectivity index (χ3n) is 2.68. The van der Waals surface area contributed by atoms with Crippen LogP contribution in [0.5, 0.6) is 11.6 Å². The lowest BCUT2D eigenvalue weighted by atomic mass is 10.3. The number of aromatic nitrogens is 2. The second-order valence-corrected chi connectivity index (χ2v) is 6.84. The smallest absolute Gasteiger partial charge is 0.267 e. The lowest BCUT2D eigenvalue weighted by molar-refractivity contribution is 0.397. The molecular formula is C13H14BrN3O4S. The minimum Gasteiger partial charge on any atom is -0.495 e. The van der Waals surface area contributed by atoms with E-state index in [0.29, 0.717) is 10.2 Å². The zero-order valence-corrected chi connectivity index (χ0v) is 14.5. The standard InChI is InChI=1S/C13H14BrN3O4S/c1-8-6-12(21-3)16-13(15-8)17-22(18,19)11-7-9(14)4-5-10(11)20-2/h4-7H,1-3H3,(H,15,16,17). The highest BCUT2D eigenvalue weighted by Gasteiger charge is 2.21. The van der Waals surface area contributed by atoms with Gasteiger partial charge in [0.25, 0.3) is 10.0 Å². The molecule has 0 aliphatic rings. The molecule has 2 rings (SSSR count). The summed E-state index contributed by atoms with van der Waals surface area (Å²) < 4.78 is 38.0. The van der Waals surface area contributed by atoms with Crippen LogP contribution in [0.4, 0.5) is 5.95 Å². The Bertz CT molecular complexity index is 796. The Balaban J connectivity index is 2.44. The SMILES string of the molecule is COc1cc(C)nc(NS(=O)(=O)c2cc(Br)ccc2OC)n1. The fraction of sp³-hybridized carbons (Fsp3) is 0.231. The van der Waals surface area contributed by atoms with Crippen molar-refractivity contribution in [2.45, 2.75) is 11.8 Å². The van der Waals surface area contributed by atoms with Crippen molar-refractivity contribution < 1.29 is 17.9 Å². The van der Waals surface area contributed by atoms with Crippen molar-refractivity contribution in [2.75, 3.05) is 18.9 Å². The van der Waals surface area contributed by atoms with Crippen LogP contribution in [0.3, 0.4) is 0 Å². The zero-order chi connectivity index (χ0) is 16.3. The zero-order valence-electron chi connectivity index (χ0n) is 12.1. The maximum Gasteiger partial charge on any atom is 0.267 e. The van der Waals surface area contributed by atoms with Crippen LogP contribution in [0, 0.1) is 6.92 Å². The number of benzene rings is 1. The van der Waals surface area contributed by atoms with Crippen molar-refractivity contribution in [3.63, 3.8) is 0 Å². The molecule has 0 saturated heterocycles. The first kappa shape index (κ1) is 16.5. The van der Waals surface area contributed by atoms with E-state index in [0.717, 1.165) is 0 Å². The van der Waals surface area contributed by atoms with Gasteiger partial charge in [0.1, 0.15) is 10.6 Å². The molecule has 118 valence electrons. The maximum atomic E-state index is 12.5. The molecule has 0 saturated carbocycles. The molecule has 1 heterocycles. The average molecular weight is 388 g/mol. The van der Waals surface area contributed by atoms with Gasteiger partial charge in [-0.3, -0.25) is 0 Å². The van der Waals surface area contributed by atoms with Crippen LogP contribution < -0.4 is 14.2 Å². The van der Waals surface area contributed by atoms with E-state index in [1.807, 2.05) is 0 Å².